The van der Waals surface area contributed by atoms with E-state index in [-0.39, 0.29) is 23.6 Å². The first-order valence-corrected chi connectivity index (χ1v) is 9.08. The summed E-state index contributed by atoms with van der Waals surface area (Å²) in [6, 6.07) is 12.7. The number of amides is 2. The van der Waals surface area contributed by atoms with E-state index >= 15 is 0 Å². The lowest BCUT2D eigenvalue weighted by Gasteiger charge is -2.17. The number of benzene rings is 1. The summed E-state index contributed by atoms with van der Waals surface area (Å²) in [5.41, 5.74) is 3.40. The van der Waals surface area contributed by atoms with E-state index in [2.05, 4.69) is 28.8 Å². The molecule has 2 aromatic heterocycles. The maximum Gasteiger partial charge on any atom is 0.291 e. The largest absolute Gasteiger partial charge is 0.459 e. The zero-order chi connectivity index (χ0) is 18.7. The standard InChI is InChI=1S/C20H20N2O3S/c1-12-6-7-13(2)15(11-12)14(3)21-20(24)17-8-9-18(26-17)22-19(23)16-5-4-10-25-16/h4-11,14H,1-3H3,(H,21,24)(H,22,23). The molecule has 6 heteroatoms. The van der Waals surface area contributed by atoms with Crippen molar-refractivity contribution in [3.63, 3.8) is 0 Å². The van der Waals surface area contributed by atoms with Crippen molar-refractivity contribution in [2.75, 3.05) is 5.32 Å². The number of hydrogen-bond acceptors (Lipinski definition) is 4. The molecule has 1 aromatic carbocycles. The lowest BCUT2D eigenvalue weighted by molar-refractivity contribution is 0.0942. The maximum absolute atomic E-state index is 12.5. The zero-order valence-corrected chi connectivity index (χ0v) is 15.6. The van der Waals surface area contributed by atoms with Crippen LogP contribution in [0, 0.1) is 13.8 Å². The van der Waals surface area contributed by atoms with Crippen molar-refractivity contribution in [1.29, 1.82) is 0 Å². The number of aryl methyl sites for hydroxylation is 2. The molecule has 3 aromatic rings. The van der Waals surface area contributed by atoms with Gasteiger partial charge in [-0.3, -0.25) is 9.59 Å². The number of hydrogen-bond donors (Lipinski definition) is 2. The van der Waals surface area contributed by atoms with Crippen molar-refractivity contribution < 1.29 is 14.0 Å². The Hall–Kier alpha value is -2.86. The van der Waals surface area contributed by atoms with Gasteiger partial charge in [0.15, 0.2) is 5.76 Å². The van der Waals surface area contributed by atoms with Crippen LogP contribution in [0.25, 0.3) is 0 Å². The summed E-state index contributed by atoms with van der Waals surface area (Å²) in [5.74, 6) is -0.276. The molecule has 3 rings (SSSR count). The average molecular weight is 368 g/mol. The summed E-state index contributed by atoms with van der Waals surface area (Å²) in [6.07, 6.45) is 1.44. The van der Waals surface area contributed by atoms with Crippen LogP contribution in [-0.2, 0) is 0 Å². The predicted molar refractivity (Wildman–Crippen MR) is 103 cm³/mol. The van der Waals surface area contributed by atoms with E-state index in [9.17, 15) is 9.59 Å². The highest BCUT2D eigenvalue weighted by atomic mass is 32.1. The van der Waals surface area contributed by atoms with Crippen molar-refractivity contribution in [3.05, 3.63) is 76.1 Å². The van der Waals surface area contributed by atoms with Crippen LogP contribution in [0.5, 0.6) is 0 Å². The summed E-state index contributed by atoms with van der Waals surface area (Å²) in [4.78, 5) is 25.0. The molecule has 0 saturated heterocycles. The highest BCUT2D eigenvalue weighted by molar-refractivity contribution is 7.18. The first kappa shape index (κ1) is 17.9. The number of carbonyl (C=O) groups excluding carboxylic acids is 2. The number of furan rings is 1. The van der Waals surface area contributed by atoms with Gasteiger partial charge in [0.2, 0.25) is 0 Å². The molecule has 2 amide bonds. The van der Waals surface area contributed by atoms with E-state index in [1.54, 1.807) is 24.3 Å². The maximum atomic E-state index is 12.5. The van der Waals surface area contributed by atoms with Gasteiger partial charge < -0.3 is 15.1 Å². The number of anilines is 1. The van der Waals surface area contributed by atoms with E-state index in [0.29, 0.717) is 9.88 Å². The van der Waals surface area contributed by atoms with Crippen LogP contribution >= 0.6 is 11.3 Å². The van der Waals surface area contributed by atoms with Gasteiger partial charge in [-0.05, 0) is 56.2 Å². The number of carbonyl (C=O) groups is 2. The predicted octanol–water partition coefficient (Wildman–Crippen LogP) is 4.70. The van der Waals surface area contributed by atoms with Crippen molar-refractivity contribution in [2.24, 2.45) is 0 Å². The Balaban J connectivity index is 1.66. The summed E-state index contributed by atoms with van der Waals surface area (Å²) in [5, 5.41) is 6.34. The Kier molecular flexibility index (Phi) is 5.23. The monoisotopic (exact) mass is 368 g/mol. The third-order valence-corrected chi connectivity index (χ3v) is 5.06. The molecule has 0 bridgehead atoms. The molecule has 134 valence electrons. The molecule has 26 heavy (non-hydrogen) atoms. The molecule has 5 nitrogen and oxygen atoms in total. The second-order valence-electron chi connectivity index (χ2n) is 6.15. The van der Waals surface area contributed by atoms with Crippen LogP contribution in [0.1, 0.15) is 49.9 Å². The van der Waals surface area contributed by atoms with E-state index in [1.165, 1.54) is 17.6 Å². The highest BCUT2D eigenvalue weighted by Crippen LogP contribution is 2.24. The Morgan fingerprint density at radius 1 is 1.08 bits per heavy atom. The van der Waals surface area contributed by atoms with Crippen LogP contribution < -0.4 is 10.6 Å². The van der Waals surface area contributed by atoms with Gasteiger partial charge in [-0.25, -0.2) is 0 Å². The fourth-order valence-electron chi connectivity index (χ4n) is 2.68. The number of rotatable bonds is 5. The van der Waals surface area contributed by atoms with E-state index < -0.39 is 0 Å². The van der Waals surface area contributed by atoms with Crippen molar-refractivity contribution >= 4 is 28.2 Å². The van der Waals surface area contributed by atoms with Gasteiger partial charge >= 0.3 is 0 Å². The number of nitrogens with one attached hydrogen (secondary N) is 2. The van der Waals surface area contributed by atoms with Gasteiger partial charge in [-0.1, -0.05) is 23.8 Å². The summed E-state index contributed by atoms with van der Waals surface area (Å²) >= 11 is 1.23. The van der Waals surface area contributed by atoms with E-state index in [1.807, 2.05) is 20.8 Å². The number of thiophene rings is 1. The smallest absolute Gasteiger partial charge is 0.291 e. The topological polar surface area (TPSA) is 71.3 Å². The van der Waals surface area contributed by atoms with E-state index in [4.69, 9.17) is 4.42 Å². The zero-order valence-electron chi connectivity index (χ0n) is 14.8. The third-order valence-electron chi connectivity index (χ3n) is 4.06. The fraction of sp³-hybridized carbons (Fsp3) is 0.200. The molecule has 1 unspecified atom stereocenters. The average Bonchev–Trinajstić information content (AvgIpc) is 3.28. The molecule has 0 aliphatic heterocycles. The van der Waals surface area contributed by atoms with Gasteiger partial charge in [0.25, 0.3) is 11.8 Å². The van der Waals surface area contributed by atoms with Crippen LogP contribution in [0.3, 0.4) is 0 Å². The molecular weight excluding hydrogens is 348 g/mol. The van der Waals surface area contributed by atoms with Gasteiger partial charge in [-0.2, -0.15) is 0 Å². The second kappa shape index (κ2) is 7.58. The minimum atomic E-state index is -0.340. The Labute approximate surface area is 156 Å². The highest BCUT2D eigenvalue weighted by Gasteiger charge is 2.16. The second-order valence-corrected chi connectivity index (χ2v) is 7.23. The lowest BCUT2D eigenvalue weighted by atomic mass is 10.00. The van der Waals surface area contributed by atoms with Crippen molar-refractivity contribution in [2.45, 2.75) is 26.8 Å². The molecular formula is C20H20N2O3S. The fourth-order valence-corrected chi connectivity index (χ4v) is 3.48. The first-order chi connectivity index (χ1) is 12.4. The lowest BCUT2D eigenvalue weighted by Crippen LogP contribution is -2.26. The Bertz CT molecular complexity index is 928. The van der Waals surface area contributed by atoms with E-state index in [0.717, 1.165) is 16.7 Å². The summed E-state index contributed by atoms with van der Waals surface area (Å²) < 4.78 is 5.06. The van der Waals surface area contributed by atoms with Crippen LogP contribution in [0.4, 0.5) is 5.00 Å². The van der Waals surface area contributed by atoms with Gasteiger partial charge in [0.1, 0.15) is 0 Å². The van der Waals surface area contributed by atoms with Crippen LogP contribution in [0.15, 0.2) is 53.1 Å². The summed E-state index contributed by atoms with van der Waals surface area (Å²) in [6.45, 7) is 6.03. The Morgan fingerprint density at radius 2 is 1.88 bits per heavy atom. The van der Waals surface area contributed by atoms with Crippen LogP contribution in [-0.4, -0.2) is 11.8 Å². The molecule has 0 radical (unpaired) electrons. The molecule has 2 N–H and O–H groups in total. The van der Waals surface area contributed by atoms with Crippen LogP contribution in [0.2, 0.25) is 0 Å². The molecule has 0 aliphatic carbocycles. The van der Waals surface area contributed by atoms with Gasteiger partial charge in [0.05, 0.1) is 22.2 Å². The molecule has 2 heterocycles. The SMILES string of the molecule is Cc1ccc(C)c(C(C)NC(=O)c2ccc(NC(=O)c3ccco3)s2)c1. The molecule has 0 fully saturated rings. The third kappa shape index (κ3) is 4.03. The summed E-state index contributed by atoms with van der Waals surface area (Å²) in [7, 11) is 0. The molecule has 0 aliphatic rings. The van der Waals surface area contributed by atoms with Gasteiger partial charge in [-0.15, -0.1) is 11.3 Å². The van der Waals surface area contributed by atoms with Crippen molar-refractivity contribution in [1.82, 2.24) is 5.32 Å². The molecule has 1 atom stereocenters. The van der Waals surface area contributed by atoms with Crippen molar-refractivity contribution in [3.8, 4) is 0 Å². The molecule has 0 spiro atoms. The Morgan fingerprint density at radius 3 is 2.62 bits per heavy atom. The van der Waals surface area contributed by atoms with Gasteiger partial charge in [0, 0.05) is 0 Å². The first-order valence-electron chi connectivity index (χ1n) is 8.27. The minimum Gasteiger partial charge on any atom is -0.459 e. The minimum absolute atomic E-state index is 0.106. The molecule has 0 saturated carbocycles. The normalized spacial score (nSPS) is 11.8. The quantitative estimate of drug-likeness (QED) is 0.686.